The minimum absolute atomic E-state index is 0.226. The summed E-state index contributed by atoms with van der Waals surface area (Å²) in [5, 5.41) is -0.517. The molecule has 0 amide bonds. The highest BCUT2D eigenvalue weighted by atomic mass is 79.9. The van der Waals surface area contributed by atoms with Gasteiger partial charge in [0.2, 0.25) is 0 Å². The molecule has 3 aromatic rings. The van der Waals surface area contributed by atoms with Crippen LogP contribution in [0.5, 0.6) is 0 Å². The van der Waals surface area contributed by atoms with Gasteiger partial charge in [-0.05, 0) is 88.9 Å². The van der Waals surface area contributed by atoms with E-state index >= 15 is 0 Å². The van der Waals surface area contributed by atoms with Crippen LogP contribution in [0.1, 0.15) is 27.5 Å². The van der Waals surface area contributed by atoms with E-state index in [0.29, 0.717) is 10.2 Å². The van der Waals surface area contributed by atoms with Gasteiger partial charge < -0.3 is 0 Å². The number of hydrogen-bond acceptors (Lipinski definition) is 2. The molecule has 0 saturated heterocycles. The van der Waals surface area contributed by atoms with Crippen LogP contribution < -0.4 is 0 Å². The topological polar surface area (TPSA) is 12.9 Å². The van der Waals surface area contributed by atoms with Gasteiger partial charge >= 0.3 is 0 Å². The number of hydrogen-bond donors (Lipinski definition) is 0. The fourth-order valence-corrected chi connectivity index (χ4v) is 4.43. The molecule has 1 aromatic heterocycles. The van der Waals surface area contributed by atoms with Crippen LogP contribution in [0.15, 0.2) is 58.2 Å². The van der Waals surface area contributed by atoms with Crippen molar-refractivity contribution in [3.05, 3.63) is 93.0 Å². The molecule has 0 saturated carbocycles. The molecule has 2 aromatic carbocycles. The standard InChI is InChI=1S/C20H15BrF3NS/c1-11-8-19(21)25-10-16(11)20(15-9-13(22)3-5-18(15)24)26-14-4-6-17(23)12(2)7-14/h3-10,20H,1-2H3. The predicted octanol–water partition coefficient (Wildman–Crippen LogP) is 6.76. The molecule has 0 aliphatic carbocycles. The quantitative estimate of drug-likeness (QED) is 0.330. The minimum Gasteiger partial charge on any atom is -0.249 e. The summed E-state index contributed by atoms with van der Waals surface area (Å²) in [6.45, 7) is 3.56. The van der Waals surface area contributed by atoms with Crippen LogP contribution in [-0.4, -0.2) is 4.98 Å². The lowest BCUT2D eigenvalue weighted by molar-refractivity contribution is 0.587. The molecule has 6 heteroatoms. The molecular weight excluding hydrogens is 423 g/mol. The van der Waals surface area contributed by atoms with Crippen molar-refractivity contribution in [2.45, 2.75) is 24.0 Å². The molecule has 0 aliphatic rings. The highest BCUT2D eigenvalue weighted by molar-refractivity contribution is 9.10. The molecule has 1 unspecified atom stereocenters. The average Bonchev–Trinajstić information content (AvgIpc) is 2.59. The first-order valence-corrected chi connectivity index (χ1v) is 9.52. The Balaban J connectivity index is 2.12. The van der Waals surface area contributed by atoms with Crippen LogP contribution in [0.2, 0.25) is 0 Å². The fraction of sp³-hybridized carbons (Fsp3) is 0.150. The average molecular weight is 438 g/mol. The van der Waals surface area contributed by atoms with Crippen LogP contribution in [0.3, 0.4) is 0 Å². The second-order valence-electron chi connectivity index (χ2n) is 5.94. The fourth-order valence-electron chi connectivity index (χ4n) is 2.64. The van der Waals surface area contributed by atoms with E-state index in [4.69, 9.17) is 0 Å². The SMILES string of the molecule is Cc1cc(SC(c2cnc(Br)cc2C)c2cc(F)ccc2F)ccc1F. The van der Waals surface area contributed by atoms with E-state index in [1.807, 2.05) is 13.0 Å². The number of pyridine rings is 1. The monoisotopic (exact) mass is 437 g/mol. The van der Waals surface area contributed by atoms with Crippen molar-refractivity contribution in [2.24, 2.45) is 0 Å². The number of benzene rings is 2. The highest BCUT2D eigenvalue weighted by Gasteiger charge is 2.23. The molecule has 0 bridgehead atoms. The van der Waals surface area contributed by atoms with Crippen molar-refractivity contribution in [3.8, 4) is 0 Å². The molecule has 134 valence electrons. The summed E-state index contributed by atoms with van der Waals surface area (Å²) in [4.78, 5) is 5.00. The first-order valence-electron chi connectivity index (χ1n) is 7.85. The zero-order valence-electron chi connectivity index (χ0n) is 14.1. The van der Waals surface area contributed by atoms with Gasteiger partial charge in [-0.2, -0.15) is 0 Å². The molecule has 0 N–H and O–H groups in total. The Hall–Kier alpha value is -1.79. The van der Waals surface area contributed by atoms with Gasteiger partial charge in [0.15, 0.2) is 0 Å². The van der Waals surface area contributed by atoms with Crippen molar-refractivity contribution >= 4 is 27.7 Å². The molecule has 1 heterocycles. The molecule has 0 aliphatic heterocycles. The van der Waals surface area contributed by atoms with Crippen LogP contribution >= 0.6 is 27.7 Å². The summed E-state index contributed by atoms with van der Waals surface area (Å²) >= 11 is 4.65. The van der Waals surface area contributed by atoms with Crippen molar-refractivity contribution < 1.29 is 13.2 Å². The van der Waals surface area contributed by atoms with Gasteiger partial charge in [0.1, 0.15) is 22.1 Å². The molecule has 0 fully saturated rings. The van der Waals surface area contributed by atoms with Crippen molar-refractivity contribution in [3.63, 3.8) is 0 Å². The van der Waals surface area contributed by atoms with E-state index in [1.54, 1.807) is 25.3 Å². The van der Waals surface area contributed by atoms with Crippen LogP contribution in [0.4, 0.5) is 13.2 Å². The van der Waals surface area contributed by atoms with Gasteiger partial charge in [-0.15, -0.1) is 11.8 Å². The Kier molecular flexibility index (Phi) is 5.73. The second kappa shape index (κ2) is 7.84. The highest BCUT2D eigenvalue weighted by Crippen LogP contribution is 2.43. The summed E-state index contributed by atoms with van der Waals surface area (Å²) in [5.41, 5.74) is 2.39. The first-order chi connectivity index (χ1) is 12.3. The predicted molar refractivity (Wildman–Crippen MR) is 102 cm³/mol. The van der Waals surface area contributed by atoms with Crippen LogP contribution in [0, 0.1) is 31.3 Å². The molecule has 26 heavy (non-hydrogen) atoms. The Labute approximate surface area is 162 Å². The van der Waals surface area contributed by atoms with Crippen LogP contribution in [0.25, 0.3) is 0 Å². The van der Waals surface area contributed by atoms with Crippen molar-refractivity contribution in [2.75, 3.05) is 0 Å². The normalized spacial score (nSPS) is 12.2. The van der Waals surface area contributed by atoms with E-state index in [1.165, 1.54) is 23.9 Å². The van der Waals surface area contributed by atoms with E-state index in [-0.39, 0.29) is 11.4 Å². The first kappa shape index (κ1) is 19.0. The number of aromatic nitrogens is 1. The van der Waals surface area contributed by atoms with Gasteiger partial charge in [0, 0.05) is 16.7 Å². The Morgan fingerprint density at radius 1 is 0.885 bits per heavy atom. The number of rotatable bonds is 4. The third-order valence-corrected chi connectivity index (χ3v) is 5.73. The van der Waals surface area contributed by atoms with Gasteiger partial charge in [0.05, 0.1) is 5.25 Å². The molecule has 1 atom stereocenters. The van der Waals surface area contributed by atoms with Gasteiger partial charge in [-0.25, -0.2) is 18.2 Å². The van der Waals surface area contributed by atoms with Crippen molar-refractivity contribution in [1.29, 1.82) is 0 Å². The van der Waals surface area contributed by atoms with Gasteiger partial charge in [0.25, 0.3) is 0 Å². The number of halogens is 4. The van der Waals surface area contributed by atoms with E-state index < -0.39 is 16.9 Å². The van der Waals surface area contributed by atoms with E-state index in [0.717, 1.165) is 28.2 Å². The Morgan fingerprint density at radius 3 is 2.31 bits per heavy atom. The van der Waals surface area contributed by atoms with Crippen molar-refractivity contribution in [1.82, 2.24) is 4.98 Å². The van der Waals surface area contributed by atoms with E-state index in [2.05, 4.69) is 20.9 Å². The maximum Gasteiger partial charge on any atom is 0.128 e. The maximum absolute atomic E-state index is 14.5. The smallest absolute Gasteiger partial charge is 0.128 e. The summed E-state index contributed by atoms with van der Waals surface area (Å²) in [6.07, 6.45) is 1.65. The third-order valence-electron chi connectivity index (χ3n) is 4.02. The summed E-state index contributed by atoms with van der Waals surface area (Å²) in [5.74, 6) is -1.31. The zero-order chi connectivity index (χ0) is 18.8. The summed E-state index contributed by atoms with van der Waals surface area (Å²) < 4.78 is 42.5. The number of nitrogens with zero attached hydrogens (tertiary/aromatic N) is 1. The Bertz CT molecular complexity index is 962. The lowest BCUT2D eigenvalue weighted by atomic mass is 10.0. The largest absolute Gasteiger partial charge is 0.249 e. The van der Waals surface area contributed by atoms with E-state index in [9.17, 15) is 13.2 Å². The van der Waals surface area contributed by atoms with Gasteiger partial charge in [-0.3, -0.25) is 0 Å². The second-order valence-corrected chi connectivity index (χ2v) is 7.93. The number of aryl methyl sites for hydroxylation is 2. The third kappa shape index (κ3) is 4.13. The molecule has 0 spiro atoms. The molecule has 1 nitrogen and oxygen atoms in total. The molecule has 0 radical (unpaired) electrons. The molecule has 3 rings (SSSR count). The van der Waals surface area contributed by atoms with Gasteiger partial charge in [-0.1, -0.05) is 0 Å². The molecular formula is C20H15BrF3NS. The maximum atomic E-state index is 14.5. The zero-order valence-corrected chi connectivity index (χ0v) is 16.5. The lowest BCUT2D eigenvalue weighted by Gasteiger charge is -2.20. The summed E-state index contributed by atoms with van der Waals surface area (Å²) in [6, 6.07) is 9.96. The minimum atomic E-state index is -0.517. The summed E-state index contributed by atoms with van der Waals surface area (Å²) in [7, 11) is 0. The Morgan fingerprint density at radius 2 is 1.62 bits per heavy atom. The number of thioether (sulfide) groups is 1. The van der Waals surface area contributed by atoms with Crippen LogP contribution in [-0.2, 0) is 0 Å². The lowest BCUT2D eigenvalue weighted by Crippen LogP contribution is -2.04.